The van der Waals surface area contributed by atoms with Gasteiger partial charge in [-0.15, -0.1) is 34.0 Å². The summed E-state index contributed by atoms with van der Waals surface area (Å²) in [6.07, 6.45) is 0. The third-order valence-electron chi connectivity index (χ3n) is 11.4. The van der Waals surface area contributed by atoms with Crippen LogP contribution in [0.1, 0.15) is 43.1 Å². The number of hydrogen-bond acceptors (Lipinski definition) is 3. The molecular weight excluding hydrogens is 697 g/mol. The largest absolute Gasteiger partial charge is 0.138 e. The molecule has 0 bridgehead atoms. The van der Waals surface area contributed by atoms with Crippen LogP contribution in [0, 0.1) is 0 Å². The number of benzene rings is 6. The minimum Gasteiger partial charge on any atom is -0.138 e. The van der Waals surface area contributed by atoms with Crippen LogP contribution >= 0.6 is 34.0 Å². The minimum atomic E-state index is -0.361. The zero-order chi connectivity index (χ0) is 35.0. The van der Waals surface area contributed by atoms with E-state index in [2.05, 4.69) is 194 Å². The molecule has 0 unspecified atom stereocenters. The van der Waals surface area contributed by atoms with Gasteiger partial charge in [0.1, 0.15) is 0 Å². The van der Waals surface area contributed by atoms with Crippen LogP contribution in [0.25, 0.3) is 41.8 Å². The van der Waals surface area contributed by atoms with E-state index in [1.54, 1.807) is 0 Å². The summed E-state index contributed by atoms with van der Waals surface area (Å²) in [5, 5.41) is 0. The maximum atomic E-state index is 2.38. The Morgan fingerprint density at radius 3 is 0.887 bits per heavy atom. The molecule has 2 aliphatic rings. The normalized spacial score (nSPS) is 14.3. The SMILES string of the molecule is c1ccc(C2(c3ccc(-c4ccc(-c5ccc(C6(c7ccccc7)c7ccccc7-c7ccccc76)s5)s4)s3)c3ccccc3-c3ccccc32)cc1. The fourth-order valence-electron chi connectivity index (χ4n) is 9.23. The molecule has 0 atom stereocenters. The van der Waals surface area contributed by atoms with E-state index in [1.165, 1.54) is 84.9 Å². The van der Waals surface area contributed by atoms with E-state index in [0.717, 1.165) is 0 Å². The first-order valence-electron chi connectivity index (χ1n) is 18.1. The first kappa shape index (κ1) is 31.0. The van der Waals surface area contributed by atoms with Crippen molar-refractivity contribution in [3.8, 4) is 41.8 Å². The highest BCUT2D eigenvalue weighted by atomic mass is 32.1. The van der Waals surface area contributed by atoms with Crippen LogP contribution in [0.15, 0.2) is 194 Å². The maximum Gasteiger partial charge on any atom is 0.0807 e. The van der Waals surface area contributed by atoms with E-state index in [4.69, 9.17) is 0 Å². The summed E-state index contributed by atoms with van der Waals surface area (Å²) in [5.74, 6) is 0. The van der Waals surface area contributed by atoms with Crippen molar-refractivity contribution in [1.29, 1.82) is 0 Å². The van der Waals surface area contributed by atoms with E-state index in [0.29, 0.717) is 0 Å². The van der Waals surface area contributed by atoms with E-state index in [-0.39, 0.29) is 10.8 Å². The molecule has 0 nitrogen and oxygen atoms in total. The summed E-state index contributed by atoms with van der Waals surface area (Å²) in [7, 11) is 0. The smallest absolute Gasteiger partial charge is 0.0807 e. The van der Waals surface area contributed by atoms with Crippen LogP contribution in [-0.4, -0.2) is 0 Å². The lowest BCUT2D eigenvalue weighted by molar-refractivity contribution is 0.787. The Labute approximate surface area is 322 Å². The Balaban J connectivity index is 1.02. The van der Waals surface area contributed by atoms with Crippen LogP contribution < -0.4 is 0 Å². The number of rotatable bonds is 6. The fourth-order valence-corrected chi connectivity index (χ4v) is 12.9. The van der Waals surface area contributed by atoms with Gasteiger partial charge in [-0.05, 0) is 92.0 Å². The third kappa shape index (κ3) is 4.33. The summed E-state index contributed by atoms with van der Waals surface area (Å²) in [4.78, 5) is 7.95. The summed E-state index contributed by atoms with van der Waals surface area (Å²) < 4.78 is 0. The summed E-state index contributed by atoms with van der Waals surface area (Å²) >= 11 is 5.77. The molecule has 3 heterocycles. The molecule has 11 rings (SSSR count). The van der Waals surface area contributed by atoms with Crippen molar-refractivity contribution in [1.82, 2.24) is 0 Å². The predicted molar refractivity (Wildman–Crippen MR) is 226 cm³/mol. The van der Waals surface area contributed by atoms with Crippen LogP contribution in [0.2, 0.25) is 0 Å². The van der Waals surface area contributed by atoms with Crippen molar-refractivity contribution in [3.05, 3.63) is 237 Å². The molecule has 0 N–H and O–H groups in total. The molecule has 9 aromatic rings. The molecule has 0 aliphatic heterocycles. The van der Waals surface area contributed by atoms with Gasteiger partial charge < -0.3 is 0 Å². The van der Waals surface area contributed by atoms with E-state index >= 15 is 0 Å². The van der Waals surface area contributed by atoms with Crippen LogP contribution in [0.4, 0.5) is 0 Å². The quantitative estimate of drug-likeness (QED) is 0.160. The monoisotopic (exact) mass is 728 g/mol. The summed E-state index contributed by atoms with van der Waals surface area (Å²) in [6.45, 7) is 0. The second kappa shape index (κ2) is 12.0. The molecule has 53 heavy (non-hydrogen) atoms. The molecule has 0 spiro atoms. The standard InChI is InChI=1S/C50H32S3/c1-3-15-33(16-4-1)49(39-23-11-7-19-35(39)36-20-8-12-24-40(36)49)47-31-29-45(52-47)43-27-28-44(51-43)46-30-32-48(53-46)50(34-17-5-2-6-18-34)41-25-13-9-21-37(41)38-22-10-14-26-42(38)50/h1-32H. The van der Waals surface area contributed by atoms with E-state index in [9.17, 15) is 0 Å². The van der Waals surface area contributed by atoms with Crippen LogP contribution in [-0.2, 0) is 10.8 Å². The molecule has 0 radical (unpaired) electrons. The Morgan fingerprint density at radius 2 is 0.528 bits per heavy atom. The van der Waals surface area contributed by atoms with E-state index in [1.807, 2.05) is 34.0 Å². The van der Waals surface area contributed by atoms with Gasteiger partial charge in [0.2, 0.25) is 0 Å². The molecule has 0 saturated heterocycles. The zero-order valence-electron chi connectivity index (χ0n) is 28.7. The second-order valence-corrected chi connectivity index (χ2v) is 17.2. The molecule has 2 aliphatic carbocycles. The Bertz CT molecular complexity index is 2510. The van der Waals surface area contributed by atoms with Gasteiger partial charge in [0.05, 0.1) is 10.8 Å². The molecular formula is C50H32S3. The highest BCUT2D eigenvalue weighted by Gasteiger charge is 2.48. The molecule has 0 fully saturated rings. The topological polar surface area (TPSA) is 0 Å². The van der Waals surface area contributed by atoms with Gasteiger partial charge in [-0.25, -0.2) is 0 Å². The fraction of sp³-hybridized carbons (Fsp3) is 0.0400. The minimum absolute atomic E-state index is 0.361. The number of fused-ring (bicyclic) bond motifs is 6. The zero-order valence-corrected chi connectivity index (χ0v) is 31.1. The van der Waals surface area contributed by atoms with Crippen molar-refractivity contribution >= 4 is 34.0 Å². The van der Waals surface area contributed by atoms with Gasteiger partial charge >= 0.3 is 0 Å². The molecule has 250 valence electrons. The average molecular weight is 729 g/mol. The van der Waals surface area contributed by atoms with Gasteiger partial charge in [0.25, 0.3) is 0 Å². The molecule has 6 aromatic carbocycles. The average Bonchev–Trinajstić information content (AvgIpc) is 4.07. The molecule has 3 heteroatoms. The lowest BCUT2D eigenvalue weighted by Crippen LogP contribution is -2.27. The highest BCUT2D eigenvalue weighted by molar-refractivity contribution is 7.26. The van der Waals surface area contributed by atoms with Crippen molar-refractivity contribution < 1.29 is 0 Å². The van der Waals surface area contributed by atoms with E-state index < -0.39 is 0 Å². The predicted octanol–water partition coefficient (Wildman–Crippen LogP) is 13.9. The van der Waals surface area contributed by atoms with Crippen LogP contribution in [0.5, 0.6) is 0 Å². The van der Waals surface area contributed by atoms with Crippen molar-refractivity contribution in [3.63, 3.8) is 0 Å². The lowest BCUT2D eigenvalue weighted by Gasteiger charge is -2.32. The van der Waals surface area contributed by atoms with Crippen molar-refractivity contribution in [2.24, 2.45) is 0 Å². The summed E-state index contributed by atoms with van der Waals surface area (Å²) in [6, 6.07) is 72.3. The second-order valence-electron chi connectivity index (χ2n) is 13.9. The molecule has 3 aromatic heterocycles. The lowest BCUT2D eigenvalue weighted by atomic mass is 9.71. The first-order chi connectivity index (χ1) is 26.3. The van der Waals surface area contributed by atoms with Gasteiger partial charge in [-0.3, -0.25) is 0 Å². The maximum absolute atomic E-state index is 2.38. The van der Waals surface area contributed by atoms with Gasteiger partial charge in [-0.1, -0.05) is 158 Å². The van der Waals surface area contributed by atoms with Gasteiger partial charge in [0.15, 0.2) is 0 Å². The van der Waals surface area contributed by atoms with Crippen molar-refractivity contribution in [2.75, 3.05) is 0 Å². The Morgan fingerprint density at radius 1 is 0.245 bits per heavy atom. The molecule has 0 saturated carbocycles. The van der Waals surface area contributed by atoms with Crippen LogP contribution in [0.3, 0.4) is 0 Å². The van der Waals surface area contributed by atoms with Gasteiger partial charge in [-0.2, -0.15) is 0 Å². The third-order valence-corrected chi connectivity index (χ3v) is 15.2. The number of thiophene rings is 3. The summed E-state index contributed by atoms with van der Waals surface area (Å²) in [5.41, 5.74) is 12.7. The number of hydrogen-bond donors (Lipinski definition) is 0. The highest BCUT2D eigenvalue weighted by Crippen LogP contribution is 2.60. The molecule has 0 amide bonds. The first-order valence-corrected chi connectivity index (χ1v) is 20.5. The Hall–Kier alpha value is -5.58. The Kier molecular flexibility index (Phi) is 7.00. The van der Waals surface area contributed by atoms with Gasteiger partial charge in [0, 0.05) is 29.3 Å². The van der Waals surface area contributed by atoms with Crippen molar-refractivity contribution in [2.45, 2.75) is 10.8 Å².